The first-order valence-electron chi connectivity index (χ1n) is 10.0. The van der Waals surface area contributed by atoms with E-state index in [1.807, 2.05) is 12.1 Å². The minimum absolute atomic E-state index is 0.0234. The Balaban J connectivity index is 1.39. The Morgan fingerprint density at radius 2 is 1.94 bits per heavy atom. The molecule has 0 aliphatic carbocycles. The molecule has 1 N–H and O–H groups in total. The van der Waals surface area contributed by atoms with Crippen LogP contribution in [0.25, 0.3) is 10.6 Å². The van der Waals surface area contributed by atoms with Gasteiger partial charge in [0, 0.05) is 23.6 Å². The van der Waals surface area contributed by atoms with Crippen LogP contribution in [0.3, 0.4) is 0 Å². The second kappa shape index (κ2) is 9.50. The summed E-state index contributed by atoms with van der Waals surface area (Å²) in [6.07, 6.45) is 1.27. The van der Waals surface area contributed by atoms with E-state index in [0.29, 0.717) is 44.9 Å². The lowest BCUT2D eigenvalue weighted by molar-refractivity contribution is -0.119. The molecule has 2 amide bonds. The molecule has 0 unspecified atom stereocenters. The van der Waals surface area contributed by atoms with Gasteiger partial charge in [-0.15, -0.1) is 11.3 Å². The van der Waals surface area contributed by atoms with Crippen molar-refractivity contribution in [1.82, 2.24) is 4.98 Å². The van der Waals surface area contributed by atoms with Gasteiger partial charge in [0.2, 0.25) is 5.91 Å². The molecule has 164 valence electrons. The van der Waals surface area contributed by atoms with Crippen molar-refractivity contribution in [2.45, 2.75) is 19.8 Å². The first kappa shape index (κ1) is 22.0. The number of ether oxygens (including phenoxy) is 1. The average Bonchev–Trinajstić information content (AvgIpc) is 3.38. The zero-order chi connectivity index (χ0) is 22.7. The van der Waals surface area contributed by atoms with E-state index >= 15 is 0 Å². The number of carbonyl (C=O) groups is 3. The predicted molar refractivity (Wildman–Crippen MR) is 124 cm³/mol. The van der Waals surface area contributed by atoms with Crippen molar-refractivity contribution in [1.29, 1.82) is 0 Å². The first-order valence-corrected chi connectivity index (χ1v) is 11.2. The van der Waals surface area contributed by atoms with Gasteiger partial charge in [-0.1, -0.05) is 35.9 Å². The fourth-order valence-electron chi connectivity index (χ4n) is 3.40. The fraction of sp³-hybridized carbons (Fsp3) is 0.217. The number of esters is 1. The van der Waals surface area contributed by atoms with Crippen LogP contribution in [0.15, 0.2) is 48.5 Å². The van der Waals surface area contributed by atoms with E-state index in [-0.39, 0.29) is 5.91 Å². The number of thiazole rings is 1. The van der Waals surface area contributed by atoms with E-state index in [1.165, 1.54) is 11.3 Å². The molecule has 2 aromatic carbocycles. The van der Waals surface area contributed by atoms with Gasteiger partial charge in [0.15, 0.2) is 6.61 Å². The van der Waals surface area contributed by atoms with E-state index in [4.69, 9.17) is 16.3 Å². The Labute approximate surface area is 194 Å². The van der Waals surface area contributed by atoms with Gasteiger partial charge in [-0.05, 0) is 37.6 Å². The Hall–Kier alpha value is -3.23. The number of rotatable bonds is 6. The number of aryl methyl sites for hydroxylation is 1. The van der Waals surface area contributed by atoms with Crippen molar-refractivity contribution in [3.63, 3.8) is 0 Å². The van der Waals surface area contributed by atoms with Crippen LogP contribution in [-0.4, -0.2) is 35.9 Å². The minimum atomic E-state index is -0.613. The van der Waals surface area contributed by atoms with E-state index in [0.717, 1.165) is 12.0 Å². The third-order valence-electron chi connectivity index (χ3n) is 4.95. The lowest BCUT2D eigenvalue weighted by Crippen LogP contribution is -2.27. The fourth-order valence-corrected chi connectivity index (χ4v) is 4.49. The lowest BCUT2D eigenvalue weighted by atomic mass is 10.2. The second-order valence-corrected chi connectivity index (χ2v) is 8.67. The number of anilines is 2. The molecule has 1 aromatic heterocycles. The topological polar surface area (TPSA) is 88.6 Å². The van der Waals surface area contributed by atoms with Gasteiger partial charge in [-0.2, -0.15) is 0 Å². The highest BCUT2D eigenvalue weighted by Gasteiger charge is 2.24. The van der Waals surface area contributed by atoms with E-state index < -0.39 is 18.5 Å². The Bertz CT molecular complexity index is 1180. The van der Waals surface area contributed by atoms with Gasteiger partial charge in [0.1, 0.15) is 9.88 Å². The van der Waals surface area contributed by atoms with Crippen LogP contribution in [0.5, 0.6) is 0 Å². The SMILES string of the molecule is Cc1nc(-c2ccc(Cl)cc2)sc1C(=O)OCC(=O)Nc1ccccc1N1CCCC1=O. The van der Waals surface area contributed by atoms with E-state index in [2.05, 4.69) is 10.3 Å². The molecule has 1 aliphatic heterocycles. The van der Waals surface area contributed by atoms with Gasteiger partial charge in [-0.25, -0.2) is 9.78 Å². The molecule has 2 heterocycles. The van der Waals surface area contributed by atoms with Crippen LogP contribution in [0.4, 0.5) is 11.4 Å². The highest BCUT2D eigenvalue weighted by Crippen LogP contribution is 2.30. The summed E-state index contributed by atoms with van der Waals surface area (Å²) >= 11 is 7.12. The molecule has 1 aliphatic rings. The first-order chi connectivity index (χ1) is 15.4. The van der Waals surface area contributed by atoms with Gasteiger partial charge in [0.25, 0.3) is 5.91 Å². The van der Waals surface area contributed by atoms with Crippen LogP contribution in [-0.2, 0) is 14.3 Å². The molecule has 9 heteroatoms. The van der Waals surface area contributed by atoms with Crippen molar-refractivity contribution < 1.29 is 19.1 Å². The van der Waals surface area contributed by atoms with E-state index in [9.17, 15) is 14.4 Å². The maximum absolute atomic E-state index is 12.5. The van der Waals surface area contributed by atoms with Crippen LogP contribution < -0.4 is 10.2 Å². The summed E-state index contributed by atoms with van der Waals surface area (Å²) in [5, 5.41) is 4.01. The van der Waals surface area contributed by atoms with Crippen molar-refractivity contribution >= 4 is 52.1 Å². The maximum atomic E-state index is 12.5. The summed E-state index contributed by atoms with van der Waals surface area (Å²) < 4.78 is 5.22. The molecule has 4 rings (SSSR count). The number of carbonyl (C=O) groups excluding carboxylic acids is 3. The van der Waals surface area contributed by atoms with Crippen LogP contribution in [0.1, 0.15) is 28.2 Å². The standard InChI is InChI=1S/C23H20ClN3O4S/c1-14-21(32-22(25-14)15-8-10-16(24)11-9-15)23(30)31-13-19(28)26-17-5-2-3-6-18(17)27-12-4-7-20(27)29/h2-3,5-6,8-11H,4,7,12-13H2,1H3,(H,26,28). The third kappa shape index (κ3) is 4.81. The highest BCUT2D eigenvalue weighted by atomic mass is 35.5. The van der Waals surface area contributed by atoms with Gasteiger partial charge < -0.3 is 15.0 Å². The van der Waals surface area contributed by atoms with Crippen molar-refractivity contribution in [2.24, 2.45) is 0 Å². The Morgan fingerprint density at radius 3 is 2.66 bits per heavy atom. The molecule has 1 fully saturated rings. The number of hydrogen-bond donors (Lipinski definition) is 1. The Morgan fingerprint density at radius 1 is 1.19 bits per heavy atom. The quantitative estimate of drug-likeness (QED) is 0.529. The molecule has 0 radical (unpaired) electrons. The number of amides is 2. The predicted octanol–water partition coefficient (Wildman–Crippen LogP) is 4.69. The van der Waals surface area contributed by atoms with Crippen LogP contribution in [0, 0.1) is 6.92 Å². The molecule has 7 nitrogen and oxygen atoms in total. The number of nitrogens with one attached hydrogen (secondary N) is 1. The molecule has 3 aromatic rings. The molecule has 0 bridgehead atoms. The number of nitrogens with zero attached hydrogens (tertiary/aromatic N) is 2. The summed E-state index contributed by atoms with van der Waals surface area (Å²) in [4.78, 5) is 43.4. The summed E-state index contributed by atoms with van der Waals surface area (Å²) in [6.45, 7) is 1.88. The smallest absolute Gasteiger partial charge is 0.350 e. The van der Waals surface area contributed by atoms with Crippen LogP contribution in [0.2, 0.25) is 5.02 Å². The maximum Gasteiger partial charge on any atom is 0.350 e. The number of benzene rings is 2. The molecule has 0 saturated carbocycles. The van der Waals surface area contributed by atoms with Crippen molar-refractivity contribution in [2.75, 3.05) is 23.4 Å². The summed E-state index contributed by atoms with van der Waals surface area (Å²) in [6, 6.07) is 14.2. The highest BCUT2D eigenvalue weighted by molar-refractivity contribution is 7.17. The molecule has 0 spiro atoms. The normalized spacial score (nSPS) is 13.3. The molecule has 1 saturated heterocycles. The Kier molecular flexibility index (Phi) is 6.53. The van der Waals surface area contributed by atoms with Crippen molar-refractivity contribution in [3.8, 4) is 10.6 Å². The van der Waals surface area contributed by atoms with Gasteiger partial charge >= 0.3 is 5.97 Å². The average molecular weight is 470 g/mol. The number of para-hydroxylation sites is 2. The van der Waals surface area contributed by atoms with Gasteiger partial charge in [-0.3, -0.25) is 9.59 Å². The zero-order valence-corrected chi connectivity index (χ0v) is 18.8. The summed E-state index contributed by atoms with van der Waals surface area (Å²) in [7, 11) is 0. The summed E-state index contributed by atoms with van der Waals surface area (Å²) in [5.41, 5.74) is 2.51. The largest absolute Gasteiger partial charge is 0.451 e. The third-order valence-corrected chi connectivity index (χ3v) is 6.39. The lowest BCUT2D eigenvalue weighted by Gasteiger charge is -2.19. The molecular formula is C23H20ClN3O4S. The monoisotopic (exact) mass is 469 g/mol. The molecular weight excluding hydrogens is 450 g/mol. The van der Waals surface area contributed by atoms with Crippen LogP contribution >= 0.6 is 22.9 Å². The zero-order valence-electron chi connectivity index (χ0n) is 17.3. The number of hydrogen-bond acceptors (Lipinski definition) is 6. The number of halogens is 1. The summed E-state index contributed by atoms with van der Waals surface area (Å²) in [5.74, 6) is -1.08. The van der Waals surface area contributed by atoms with Crippen molar-refractivity contribution in [3.05, 3.63) is 64.1 Å². The minimum Gasteiger partial charge on any atom is -0.451 e. The number of aromatic nitrogens is 1. The van der Waals surface area contributed by atoms with Gasteiger partial charge in [0.05, 0.1) is 17.1 Å². The second-order valence-electron chi connectivity index (χ2n) is 7.23. The molecule has 32 heavy (non-hydrogen) atoms. The molecule has 0 atom stereocenters. The van der Waals surface area contributed by atoms with E-state index in [1.54, 1.807) is 48.2 Å².